The molecule has 1 unspecified atom stereocenters. The highest BCUT2D eigenvalue weighted by atomic mass is 32.2. The molecule has 4 heteroatoms. The molecule has 1 aliphatic heterocycles. The predicted octanol–water partition coefficient (Wildman–Crippen LogP) is 3.48. The van der Waals surface area contributed by atoms with Gasteiger partial charge in [-0.25, -0.2) is 0 Å². The number of ether oxygens (including phenoxy) is 1. The standard InChI is InChI=1S/C16H23NO2S/c1-20-16(7-3-2-4-8-16)11-17-14-10-19-15-9-12(18)5-6-13(14)15/h5-6,9,14,17-18H,2-4,7-8,10-11H2,1H3. The van der Waals surface area contributed by atoms with Crippen LogP contribution in [-0.4, -0.2) is 29.3 Å². The monoisotopic (exact) mass is 293 g/mol. The minimum atomic E-state index is 0.261. The van der Waals surface area contributed by atoms with E-state index in [0.29, 0.717) is 11.4 Å². The molecule has 1 fully saturated rings. The van der Waals surface area contributed by atoms with Gasteiger partial charge in [-0.15, -0.1) is 0 Å². The highest BCUT2D eigenvalue weighted by Gasteiger charge is 2.33. The summed E-state index contributed by atoms with van der Waals surface area (Å²) in [6, 6.07) is 5.69. The van der Waals surface area contributed by atoms with E-state index >= 15 is 0 Å². The number of nitrogens with one attached hydrogen (secondary N) is 1. The molecule has 1 heterocycles. The Morgan fingerprint density at radius 3 is 2.90 bits per heavy atom. The highest BCUT2D eigenvalue weighted by molar-refractivity contribution is 8.00. The summed E-state index contributed by atoms with van der Waals surface area (Å²) in [5, 5.41) is 13.2. The molecule has 0 saturated heterocycles. The van der Waals surface area contributed by atoms with E-state index in [4.69, 9.17) is 4.74 Å². The predicted molar refractivity (Wildman–Crippen MR) is 83.7 cm³/mol. The zero-order valence-corrected chi connectivity index (χ0v) is 12.8. The number of rotatable bonds is 4. The summed E-state index contributed by atoms with van der Waals surface area (Å²) < 4.78 is 6.07. The molecule has 110 valence electrons. The number of fused-ring (bicyclic) bond motifs is 1. The summed E-state index contributed by atoms with van der Waals surface area (Å²) in [4.78, 5) is 0. The summed E-state index contributed by atoms with van der Waals surface area (Å²) in [7, 11) is 0. The van der Waals surface area contributed by atoms with Crippen molar-refractivity contribution in [2.45, 2.75) is 42.9 Å². The Balaban J connectivity index is 1.65. The first kappa shape index (κ1) is 14.1. The number of phenols is 1. The summed E-state index contributed by atoms with van der Waals surface area (Å²) in [5.74, 6) is 1.10. The van der Waals surface area contributed by atoms with Gasteiger partial charge in [0, 0.05) is 22.9 Å². The summed E-state index contributed by atoms with van der Waals surface area (Å²) in [5.41, 5.74) is 1.18. The quantitative estimate of drug-likeness (QED) is 0.892. The summed E-state index contributed by atoms with van der Waals surface area (Å²) >= 11 is 2.02. The fraction of sp³-hybridized carbons (Fsp3) is 0.625. The minimum absolute atomic E-state index is 0.261. The maximum atomic E-state index is 9.49. The fourth-order valence-corrected chi connectivity index (χ4v) is 4.25. The van der Waals surface area contributed by atoms with Crippen LogP contribution in [0.4, 0.5) is 0 Å². The van der Waals surface area contributed by atoms with E-state index in [-0.39, 0.29) is 11.8 Å². The van der Waals surface area contributed by atoms with Gasteiger partial charge in [-0.1, -0.05) is 19.3 Å². The van der Waals surface area contributed by atoms with Gasteiger partial charge in [-0.2, -0.15) is 11.8 Å². The maximum Gasteiger partial charge on any atom is 0.127 e. The van der Waals surface area contributed by atoms with E-state index in [9.17, 15) is 5.11 Å². The second-order valence-corrected chi connectivity index (χ2v) is 7.19. The van der Waals surface area contributed by atoms with Gasteiger partial charge in [0.25, 0.3) is 0 Å². The third-order valence-electron chi connectivity index (χ3n) is 4.65. The molecular formula is C16H23NO2S. The molecule has 2 N–H and O–H groups in total. The smallest absolute Gasteiger partial charge is 0.127 e. The first-order chi connectivity index (χ1) is 9.72. The van der Waals surface area contributed by atoms with E-state index in [0.717, 1.165) is 12.3 Å². The third-order valence-corrected chi connectivity index (χ3v) is 6.07. The zero-order valence-electron chi connectivity index (χ0n) is 12.0. The van der Waals surface area contributed by atoms with Crippen molar-refractivity contribution in [3.63, 3.8) is 0 Å². The van der Waals surface area contributed by atoms with Crippen molar-refractivity contribution < 1.29 is 9.84 Å². The molecule has 1 aliphatic carbocycles. The van der Waals surface area contributed by atoms with E-state index in [1.807, 2.05) is 17.8 Å². The highest BCUT2D eigenvalue weighted by Crippen LogP contribution is 2.40. The number of aromatic hydroxyl groups is 1. The van der Waals surface area contributed by atoms with Crippen LogP contribution in [0.15, 0.2) is 18.2 Å². The van der Waals surface area contributed by atoms with Crippen molar-refractivity contribution in [3.8, 4) is 11.5 Å². The molecule has 20 heavy (non-hydrogen) atoms. The van der Waals surface area contributed by atoms with Crippen molar-refractivity contribution in [2.24, 2.45) is 0 Å². The van der Waals surface area contributed by atoms with Gasteiger partial charge in [0.15, 0.2) is 0 Å². The van der Waals surface area contributed by atoms with Crippen LogP contribution in [0.3, 0.4) is 0 Å². The van der Waals surface area contributed by atoms with Crippen molar-refractivity contribution in [1.29, 1.82) is 0 Å². The Labute approximate surface area is 125 Å². The Morgan fingerprint density at radius 1 is 1.35 bits per heavy atom. The SMILES string of the molecule is CSC1(CNC2COc3cc(O)ccc32)CCCCC1. The Kier molecular flexibility index (Phi) is 4.13. The van der Waals surface area contributed by atoms with E-state index in [2.05, 4.69) is 11.6 Å². The molecule has 0 amide bonds. The largest absolute Gasteiger partial charge is 0.508 e. The normalized spacial score (nSPS) is 24.1. The van der Waals surface area contributed by atoms with Gasteiger partial charge in [0.05, 0.1) is 6.04 Å². The molecule has 3 nitrogen and oxygen atoms in total. The fourth-order valence-electron chi connectivity index (χ4n) is 3.33. The van der Waals surface area contributed by atoms with Crippen molar-refractivity contribution >= 4 is 11.8 Å². The molecule has 1 aromatic carbocycles. The molecule has 0 bridgehead atoms. The first-order valence-corrected chi connectivity index (χ1v) is 8.69. The van der Waals surface area contributed by atoms with Crippen LogP contribution in [0.1, 0.15) is 43.7 Å². The molecule has 0 spiro atoms. The van der Waals surface area contributed by atoms with Gasteiger partial charge in [-0.05, 0) is 31.2 Å². The van der Waals surface area contributed by atoms with Gasteiger partial charge < -0.3 is 15.2 Å². The maximum absolute atomic E-state index is 9.49. The second-order valence-electron chi connectivity index (χ2n) is 5.91. The Morgan fingerprint density at radius 2 is 2.15 bits per heavy atom. The van der Waals surface area contributed by atoms with Crippen LogP contribution in [0.5, 0.6) is 11.5 Å². The number of phenolic OH excluding ortho intramolecular Hbond substituents is 1. The lowest BCUT2D eigenvalue weighted by Crippen LogP contribution is -2.41. The molecule has 1 atom stereocenters. The van der Waals surface area contributed by atoms with Crippen molar-refractivity contribution in [1.82, 2.24) is 5.32 Å². The molecule has 1 aromatic rings. The Hall–Kier alpha value is -0.870. The Bertz CT molecular complexity index is 472. The van der Waals surface area contributed by atoms with E-state index in [1.54, 1.807) is 12.1 Å². The van der Waals surface area contributed by atoms with Crippen LogP contribution < -0.4 is 10.1 Å². The average Bonchev–Trinajstić information content (AvgIpc) is 2.88. The van der Waals surface area contributed by atoms with Gasteiger partial charge in [0.1, 0.15) is 18.1 Å². The lowest BCUT2D eigenvalue weighted by Gasteiger charge is -2.36. The zero-order chi connectivity index (χ0) is 14.0. The molecule has 0 radical (unpaired) electrons. The second kappa shape index (κ2) is 5.86. The number of thioether (sulfide) groups is 1. The van der Waals surface area contributed by atoms with E-state index < -0.39 is 0 Å². The lowest BCUT2D eigenvalue weighted by molar-refractivity contribution is 0.295. The molecular weight excluding hydrogens is 270 g/mol. The van der Waals surface area contributed by atoms with Crippen LogP contribution in [-0.2, 0) is 0 Å². The van der Waals surface area contributed by atoms with Crippen LogP contribution >= 0.6 is 11.8 Å². The first-order valence-electron chi connectivity index (χ1n) is 7.47. The van der Waals surface area contributed by atoms with Crippen LogP contribution in [0.25, 0.3) is 0 Å². The average molecular weight is 293 g/mol. The third kappa shape index (κ3) is 2.77. The van der Waals surface area contributed by atoms with Crippen LogP contribution in [0.2, 0.25) is 0 Å². The van der Waals surface area contributed by atoms with Gasteiger partial charge in [0.2, 0.25) is 0 Å². The van der Waals surface area contributed by atoms with Gasteiger partial charge in [-0.3, -0.25) is 0 Å². The van der Waals surface area contributed by atoms with Crippen molar-refractivity contribution in [2.75, 3.05) is 19.4 Å². The molecule has 0 aromatic heterocycles. The molecule has 3 rings (SSSR count). The van der Waals surface area contributed by atoms with Crippen molar-refractivity contribution in [3.05, 3.63) is 23.8 Å². The number of hydrogen-bond donors (Lipinski definition) is 2. The van der Waals surface area contributed by atoms with Gasteiger partial charge >= 0.3 is 0 Å². The summed E-state index contributed by atoms with van der Waals surface area (Å²) in [6.07, 6.45) is 8.97. The van der Waals surface area contributed by atoms with Crippen LogP contribution in [0, 0.1) is 0 Å². The number of benzene rings is 1. The summed E-state index contributed by atoms with van der Waals surface area (Å²) in [6.45, 7) is 1.71. The minimum Gasteiger partial charge on any atom is -0.508 e. The molecule has 1 saturated carbocycles. The topological polar surface area (TPSA) is 41.5 Å². The lowest BCUT2D eigenvalue weighted by atomic mass is 9.88. The van der Waals surface area contributed by atoms with E-state index in [1.165, 1.54) is 37.7 Å². The molecule has 2 aliphatic rings. The number of hydrogen-bond acceptors (Lipinski definition) is 4.